The summed E-state index contributed by atoms with van der Waals surface area (Å²) in [4.78, 5) is 17.2. The van der Waals surface area contributed by atoms with Gasteiger partial charge < -0.3 is 4.90 Å². The number of amides is 1. The zero-order valence-electron chi connectivity index (χ0n) is 15.6. The smallest absolute Gasteiger partial charge is 0.226 e. The maximum Gasteiger partial charge on any atom is 0.226 e. The number of hydrogen-bond acceptors (Lipinski definition) is 2. The molecule has 0 radical (unpaired) electrons. The van der Waals surface area contributed by atoms with Crippen molar-refractivity contribution in [1.82, 2.24) is 9.80 Å². The van der Waals surface area contributed by atoms with Gasteiger partial charge in [-0.2, -0.15) is 0 Å². The average molecular weight is 348 g/mol. The second-order valence-electron chi connectivity index (χ2n) is 7.83. The topological polar surface area (TPSA) is 23.6 Å². The Morgan fingerprint density at radius 1 is 0.923 bits per heavy atom. The van der Waals surface area contributed by atoms with Crippen molar-refractivity contribution >= 4 is 5.91 Å². The molecule has 1 amide bonds. The minimum Gasteiger partial charge on any atom is -0.326 e. The summed E-state index contributed by atoms with van der Waals surface area (Å²) >= 11 is 0. The Morgan fingerprint density at radius 2 is 1.58 bits per heavy atom. The minimum atomic E-state index is 0.159. The first kappa shape index (κ1) is 17.3. The van der Waals surface area contributed by atoms with E-state index in [0.717, 1.165) is 32.6 Å². The zero-order valence-corrected chi connectivity index (χ0v) is 15.6. The summed E-state index contributed by atoms with van der Waals surface area (Å²) in [7, 11) is 0. The zero-order chi connectivity index (χ0) is 17.9. The van der Waals surface area contributed by atoms with Gasteiger partial charge in [0, 0.05) is 12.0 Å². The molecule has 0 aliphatic carbocycles. The van der Waals surface area contributed by atoms with Crippen molar-refractivity contribution in [2.75, 3.05) is 19.8 Å². The maximum atomic E-state index is 12.6. The molecule has 2 aliphatic heterocycles. The van der Waals surface area contributed by atoms with Crippen LogP contribution in [0.3, 0.4) is 0 Å². The molecule has 2 atom stereocenters. The Bertz CT molecular complexity index is 735. The van der Waals surface area contributed by atoms with E-state index in [4.69, 9.17) is 0 Å². The second-order valence-corrected chi connectivity index (χ2v) is 7.83. The summed E-state index contributed by atoms with van der Waals surface area (Å²) in [5.74, 6) is 0.494. The first-order valence-corrected chi connectivity index (χ1v) is 9.88. The Balaban J connectivity index is 1.45. The molecule has 2 fully saturated rings. The lowest BCUT2D eigenvalue weighted by molar-refractivity contribution is -0.133. The Hall–Kier alpha value is -2.13. The minimum absolute atomic E-state index is 0.159. The standard InChI is InChI=1S/C23H28N2O/c1-18-15-22(25(23(18)26)17-24-13-5-6-14-24)16-19-9-11-21(12-10-19)20-7-3-2-4-8-20/h2-4,7-12,18,22H,5-6,13-17H2,1H3/t18-,22?/m1/s1. The van der Waals surface area contributed by atoms with Crippen LogP contribution in [-0.4, -0.2) is 41.5 Å². The summed E-state index contributed by atoms with van der Waals surface area (Å²) < 4.78 is 0. The maximum absolute atomic E-state index is 12.6. The fourth-order valence-corrected chi connectivity index (χ4v) is 4.35. The van der Waals surface area contributed by atoms with E-state index in [0.29, 0.717) is 11.9 Å². The van der Waals surface area contributed by atoms with Gasteiger partial charge >= 0.3 is 0 Å². The monoisotopic (exact) mass is 348 g/mol. The van der Waals surface area contributed by atoms with E-state index in [9.17, 15) is 4.79 Å². The fourth-order valence-electron chi connectivity index (χ4n) is 4.35. The molecule has 0 saturated carbocycles. The van der Waals surface area contributed by atoms with Crippen LogP contribution in [0.5, 0.6) is 0 Å². The molecule has 3 nitrogen and oxygen atoms in total. The van der Waals surface area contributed by atoms with Gasteiger partial charge in [0.05, 0.1) is 6.67 Å². The molecule has 0 N–H and O–H groups in total. The SMILES string of the molecule is C[C@@H]1CC(Cc2ccc(-c3ccccc3)cc2)N(CN2CCCC2)C1=O. The lowest BCUT2D eigenvalue weighted by Gasteiger charge is -2.29. The first-order chi connectivity index (χ1) is 12.7. The molecule has 0 aromatic heterocycles. The molecule has 3 heteroatoms. The summed E-state index contributed by atoms with van der Waals surface area (Å²) in [6.45, 7) is 5.17. The highest BCUT2D eigenvalue weighted by Crippen LogP contribution is 2.28. The van der Waals surface area contributed by atoms with Crippen LogP contribution in [0, 0.1) is 5.92 Å². The molecule has 2 aromatic rings. The van der Waals surface area contributed by atoms with E-state index in [-0.39, 0.29) is 5.92 Å². The van der Waals surface area contributed by atoms with Gasteiger partial charge in [-0.3, -0.25) is 9.69 Å². The molecule has 2 heterocycles. The average Bonchev–Trinajstić information content (AvgIpc) is 3.28. The van der Waals surface area contributed by atoms with E-state index in [1.165, 1.54) is 29.5 Å². The number of benzene rings is 2. The molecule has 0 spiro atoms. The Labute approximate surface area is 156 Å². The summed E-state index contributed by atoms with van der Waals surface area (Å²) in [5, 5.41) is 0. The molecule has 4 rings (SSSR count). The van der Waals surface area contributed by atoms with Gasteiger partial charge in [0.1, 0.15) is 0 Å². The van der Waals surface area contributed by atoms with E-state index >= 15 is 0 Å². The fraction of sp³-hybridized carbons (Fsp3) is 0.435. The van der Waals surface area contributed by atoms with Crippen LogP contribution in [0.4, 0.5) is 0 Å². The van der Waals surface area contributed by atoms with Crippen molar-refractivity contribution in [2.45, 2.75) is 38.6 Å². The van der Waals surface area contributed by atoms with Crippen molar-refractivity contribution < 1.29 is 4.79 Å². The van der Waals surface area contributed by atoms with Gasteiger partial charge in [-0.15, -0.1) is 0 Å². The van der Waals surface area contributed by atoms with E-state index in [2.05, 4.69) is 65.3 Å². The molecule has 2 aromatic carbocycles. The van der Waals surface area contributed by atoms with Gasteiger partial charge in [-0.1, -0.05) is 61.5 Å². The molecule has 136 valence electrons. The Morgan fingerprint density at radius 3 is 2.27 bits per heavy atom. The summed E-state index contributed by atoms with van der Waals surface area (Å²) in [6, 6.07) is 19.7. The van der Waals surface area contributed by atoms with Crippen LogP contribution in [0.15, 0.2) is 54.6 Å². The molecule has 1 unspecified atom stereocenters. The van der Waals surface area contributed by atoms with Crippen LogP contribution < -0.4 is 0 Å². The van der Waals surface area contributed by atoms with Crippen molar-refractivity contribution in [3.05, 3.63) is 60.2 Å². The lowest BCUT2D eigenvalue weighted by atomic mass is 9.98. The van der Waals surface area contributed by atoms with Crippen LogP contribution in [-0.2, 0) is 11.2 Å². The van der Waals surface area contributed by atoms with E-state index in [1.54, 1.807) is 0 Å². The number of nitrogens with zero attached hydrogens (tertiary/aromatic N) is 2. The number of rotatable bonds is 5. The van der Waals surface area contributed by atoms with Crippen LogP contribution in [0.2, 0.25) is 0 Å². The van der Waals surface area contributed by atoms with Crippen molar-refractivity contribution in [3.63, 3.8) is 0 Å². The van der Waals surface area contributed by atoms with Gasteiger partial charge in [-0.25, -0.2) is 0 Å². The van der Waals surface area contributed by atoms with Gasteiger partial charge in [0.2, 0.25) is 5.91 Å². The summed E-state index contributed by atoms with van der Waals surface area (Å²) in [6.07, 6.45) is 4.47. The normalized spacial score (nSPS) is 23.7. The number of carbonyl (C=O) groups excluding carboxylic acids is 1. The third kappa shape index (κ3) is 3.68. The summed E-state index contributed by atoms with van der Waals surface area (Å²) in [5.41, 5.74) is 3.82. The molecular formula is C23H28N2O. The van der Waals surface area contributed by atoms with E-state index < -0.39 is 0 Å². The highest BCUT2D eigenvalue weighted by molar-refractivity contribution is 5.81. The quantitative estimate of drug-likeness (QED) is 0.809. The molecule has 2 saturated heterocycles. The number of hydrogen-bond donors (Lipinski definition) is 0. The largest absolute Gasteiger partial charge is 0.326 e. The second kappa shape index (κ2) is 7.63. The third-order valence-electron chi connectivity index (χ3n) is 5.85. The predicted octanol–water partition coefficient (Wildman–Crippen LogP) is 4.19. The van der Waals surface area contributed by atoms with Crippen molar-refractivity contribution in [3.8, 4) is 11.1 Å². The number of carbonyl (C=O) groups is 1. The van der Waals surface area contributed by atoms with Crippen LogP contribution in [0.1, 0.15) is 31.7 Å². The van der Waals surface area contributed by atoms with Gasteiger partial charge in [0.25, 0.3) is 0 Å². The predicted molar refractivity (Wildman–Crippen MR) is 106 cm³/mol. The molecule has 26 heavy (non-hydrogen) atoms. The number of likely N-dealkylation sites (tertiary alicyclic amines) is 2. The first-order valence-electron chi connectivity index (χ1n) is 9.88. The molecular weight excluding hydrogens is 320 g/mol. The lowest BCUT2D eigenvalue weighted by Crippen LogP contribution is -2.43. The van der Waals surface area contributed by atoms with Crippen molar-refractivity contribution in [2.24, 2.45) is 5.92 Å². The van der Waals surface area contributed by atoms with Gasteiger partial charge in [-0.05, 0) is 55.5 Å². The highest BCUT2D eigenvalue weighted by Gasteiger charge is 2.37. The molecule has 0 bridgehead atoms. The third-order valence-corrected chi connectivity index (χ3v) is 5.85. The Kier molecular flexibility index (Phi) is 5.07. The van der Waals surface area contributed by atoms with Crippen LogP contribution in [0.25, 0.3) is 11.1 Å². The van der Waals surface area contributed by atoms with Crippen LogP contribution >= 0.6 is 0 Å². The van der Waals surface area contributed by atoms with E-state index in [1.807, 2.05) is 6.07 Å². The molecule has 2 aliphatic rings. The van der Waals surface area contributed by atoms with Gasteiger partial charge in [0.15, 0.2) is 0 Å². The highest BCUT2D eigenvalue weighted by atomic mass is 16.2. The van der Waals surface area contributed by atoms with Crippen molar-refractivity contribution in [1.29, 1.82) is 0 Å².